The largest absolute Gasteiger partial charge is 0.454 e. The van der Waals surface area contributed by atoms with E-state index >= 15 is 0 Å². The second-order valence-electron chi connectivity index (χ2n) is 7.36. The van der Waals surface area contributed by atoms with Gasteiger partial charge < -0.3 is 19.7 Å². The summed E-state index contributed by atoms with van der Waals surface area (Å²) in [5.41, 5.74) is 1.76. The van der Waals surface area contributed by atoms with Crippen LogP contribution in [0.5, 0.6) is 11.5 Å². The van der Waals surface area contributed by atoms with Crippen molar-refractivity contribution in [3.8, 4) is 11.5 Å². The fourth-order valence-electron chi connectivity index (χ4n) is 3.60. The minimum Gasteiger partial charge on any atom is -0.454 e. The topological polar surface area (TPSA) is 71.1 Å². The first-order valence-electron chi connectivity index (χ1n) is 10.0. The van der Waals surface area contributed by atoms with Crippen LogP contribution < -0.4 is 14.8 Å². The number of amides is 2. The van der Waals surface area contributed by atoms with Gasteiger partial charge in [-0.15, -0.1) is 0 Å². The lowest BCUT2D eigenvalue weighted by atomic mass is 10.1. The Kier molecular flexibility index (Phi) is 6.54. The van der Waals surface area contributed by atoms with Gasteiger partial charge >= 0.3 is 0 Å². The molecule has 2 aromatic carbocycles. The van der Waals surface area contributed by atoms with Crippen LogP contribution in [0.2, 0.25) is 0 Å². The summed E-state index contributed by atoms with van der Waals surface area (Å²) in [6.45, 7) is 4.49. The van der Waals surface area contributed by atoms with Crippen LogP contribution in [0.1, 0.15) is 22.3 Å². The van der Waals surface area contributed by atoms with Gasteiger partial charge in [0.1, 0.15) is 0 Å². The lowest BCUT2D eigenvalue weighted by Crippen LogP contribution is -2.48. The molecule has 2 aliphatic rings. The Morgan fingerprint density at radius 1 is 0.967 bits per heavy atom. The Morgan fingerprint density at radius 3 is 2.47 bits per heavy atom. The van der Waals surface area contributed by atoms with Gasteiger partial charge in [0.15, 0.2) is 11.5 Å². The van der Waals surface area contributed by atoms with Crippen molar-refractivity contribution in [3.63, 3.8) is 0 Å². The fourth-order valence-corrected chi connectivity index (χ4v) is 3.86. The molecule has 1 saturated heterocycles. The molecule has 0 radical (unpaired) electrons. The molecule has 30 heavy (non-hydrogen) atoms. The van der Waals surface area contributed by atoms with Crippen molar-refractivity contribution in [2.75, 3.05) is 39.5 Å². The number of carbonyl (C=O) groups is 2. The Balaban J connectivity index is 1.18. The van der Waals surface area contributed by atoms with Gasteiger partial charge in [-0.25, -0.2) is 0 Å². The molecule has 2 aromatic rings. The standard InChI is InChI=1S/C22H24BrN3O4/c23-18-4-2-17(3-5-18)22(28)24-8-7-21(27)26-11-9-25(10-12-26)14-16-1-6-19-20(13-16)30-15-29-19/h1-6,13H,7-12,14-15H2,(H,24,28). The molecule has 0 atom stereocenters. The van der Waals surface area contributed by atoms with E-state index in [4.69, 9.17) is 9.47 Å². The van der Waals surface area contributed by atoms with Crippen LogP contribution in [0.4, 0.5) is 0 Å². The maximum Gasteiger partial charge on any atom is 0.251 e. The molecular formula is C22H24BrN3O4. The van der Waals surface area contributed by atoms with Crippen molar-refractivity contribution in [3.05, 3.63) is 58.1 Å². The zero-order chi connectivity index (χ0) is 20.9. The van der Waals surface area contributed by atoms with E-state index in [1.54, 1.807) is 12.1 Å². The minimum atomic E-state index is -0.163. The minimum absolute atomic E-state index is 0.0776. The quantitative estimate of drug-likeness (QED) is 0.698. The normalized spacial score (nSPS) is 15.8. The van der Waals surface area contributed by atoms with E-state index in [-0.39, 0.29) is 18.6 Å². The Hall–Kier alpha value is -2.58. The summed E-state index contributed by atoms with van der Waals surface area (Å²) >= 11 is 3.35. The van der Waals surface area contributed by atoms with Crippen LogP contribution in [-0.4, -0.2) is 61.1 Å². The van der Waals surface area contributed by atoms with Gasteiger partial charge in [-0.05, 0) is 42.0 Å². The molecule has 0 spiro atoms. The third-order valence-corrected chi connectivity index (χ3v) is 5.83. The van der Waals surface area contributed by atoms with E-state index in [0.29, 0.717) is 31.6 Å². The molecule has 4 rings (SSSR count). The first kappa shape index (κ1) is 20.7. The maximum atomic E-state index is 12.5. The van der Waals surface area contributed by atoms with E-state index in [1.807, 2.05) is 29.2 Å². The Bertz CT molecular complexity index is 911. The van der Waals surface area contributed by atoms with Gasteiger partial charge in [0, 0.05) is 55.7 Å². The van der Waals surface area contributed by atoms with Crippen LogP contribution in [-0.2, 0) is 11.3 Å². The smallest absolute Gasteiger partial charge is 0.251 e. The zero-order valence-electron chi connectivity index (χ0n) is 16.6. The second-order valence-corrected chi connectivity index (χ2v) is 8.27. The predicted octanol–water partition coefficient (Wildman–Crippen LogP) is 2.64. The van der Waals surface area contributed by atoms with E-state index in [0.717, 1.165) is 35.6 Å². The highest BCUT2D eigenvalue weighted by Crippen LogP contribution is 2.32. The predicted molar refractivity (Wildman–Crippen MR) is 116 cm³/mol. The van der Waals surface area contributed by atoms with Gasteiger partial charge in [-0.3, -0.25) is 14.5 Å². The first-order chi connectivity index (χ1) is 14.6. The Labute approximate surface area is 184 Å². The molecule has 158 valence electrons. The van der Waals surface area contributed by atoms with Gasteiger partial charge in [0.05, 0.1) is 0 Å². The molecule has 8 heteroatoms. The SMILES string of the molecule is O=C(NCCC(=O)N1CCN(Cc2ccc3c(c2)OCO3)CC1)c1ccc(Br)cc1. The van der Waals surface area contributed by atoms with Crippen LogP contribution in [0, 0.1) is 0 Å². The average Bonchev–Trinajstić information content (AvgIpc) is 3.22. The number of hydrogen-bond donors (Lipinski definition) is 1. The fraction of sp³-hybridized carbons (Fsp3) is 0.364. The number of nitrogens with zero attached hydrogens (tertiary/aromatic N) is 2. The zero-order valence-corrected chi connectivity index (χ0v) is 18.2. The summed E-state index contributed by atoms with van der Waals surface area (Å²) in [5, 5.41) is 2.82. The van der Waals surface area contributed by atoms with Crippen LogP contribution in [0.25, 0.3) is 0 Å². The van der Waals surface area contributed by atoms with E-state index in [9.17, 15) is 9.59 Å². The molecule has 0 saturated carbocycles. The third-order valence-electron chi connectivity index (χ3n) is 5.30. The number of halogens is 1. The van der Waals surface area contributed by atoms with E-state index in [1.165, 1.54) is 5.56 Å². The average molecular weight is 474 g/mol. The number of piperazine rings is 1. The highest BCUT2D eigenvalue weighted by molar-refractivity contribution is 9.10. The molecule has 7 nitrogen and oxygen atoms in total. The molecule has 2 aliphatic heterocycles. The summed E-state index contributed by atoms with van der Waals surface area (Å²) in [4.78, 5) is 28.8. The number of rotatable bonds is 6. The molecule has 0 unspecified atom stereocenters. The van der Waals surface area contributed by atoms with Crippen LogP contribution in [0.15, 0.2) is 46.9 Å². The van der Waals surface area contributed by atoms with Crippen molar-refractivity contribution in [2.45, 2.75) is 13.0 Å². The number of ether oxygens (including phenoxy) is 2. The maximum absolute atomic E-state index is 12.5. The van der Waals surface area contributed by atoms with Crippen LogP contribution >= 0.6 is 15.9 Å². The van der Waals surface area contributed by atoms with Gasteiger partial charge in [-0.2, -0.15) is 0 Å². The third kappa shape index (κ3) is 5.12. The van der Waals surface area contributed by atoms with E-state index < -0.39 is 0 Å². The van der Waals surface area contributed by atoms with Gasteiger partial charge in [-0.1, -0.05) is 22.0 Å². The molecule has 0 aromatic heterocycles. The number of carbonyl (C=O) groups excluding carboxylic acids is 2. The highest BCUT2D eigenvalue weighted by Gasteiger charge is 2.22. The molecule has 1 fully saturated rings. The molecule has 0 aliphatic carbocycles. The highest BCUT2D eigenvalue weighted by atomic mass is 79.9. The Morgan fingerprint density at radius 2 is 1.70 bits per heavy atom. The summed E-state index contributed by atoms with van der Waals surface area (Å²) in [5.74, 6) is 1.51. The van der Waals surface area contributed by atoms with Crippen LogP contribution in [0.3, 0.4) is 0 Å². The van der Waals surface area contributed by atoms with Crippen molar-refractivity contribution in [2.24, 2.45) is 0 Å². The van der Waals surface area contributed by atoms with Gasteiger partial charge in [0.25, 0.3) is 5.91 Å². The molecule has 0 bridgehead atoms. The molecule has 1 N–H and O–H groups in total. The van der Waals surface area contributed by atoms with Crippen molar-refractivity contribution in [1.82, 2.24) is 15.1 Å². The summed E-state index contributed by atoms with van der Waals surface area (Å²) in [6.07, 6.45) is 0.310. The number of nitrogens with one attached hydrogen (secondary N) is 1. The first-order valence-corrected chi connectivity index (χ1v) is 10.8. The van der Waals surface area contributed by atoms with Crippen molar-refractivity contribution >= 4 is 27.7 Å². The lowest BCUT2D eigenvalue weighted by molar-refractivity contribution is -0.132. The molecule has 2 heterocycles. The summed E-state index contributed by atoms with van der Waals surface area (Å²) < 4.78 is 11.7. The van der Waals surface area contributed by atoms with Crippen molar-refractivity contribution in [1.29, 1.82) is 0 Å². The summed E-state index contributed by atoms with van der Waals surface area (Å²) in [6, 6.07) is 13.2. The van der Waals surface area contributed by atoms with E-state index in [2.05, 4.69) is 32.2 Å². The van der Waals surface area contributed by atoms with Gasteiger partial charge in [0.2, 0.25) is 12.7 Å². The lowest BCUT2D eigenvalue weighted by Gasteiger charge is -2.34. The molecule has 2 amide bonds. The molecular weight excluding hydrogens is 450 g/mol. The number of fused-ring (bicyclic) bond motifs is 1. The summed E-state index contributed by atoms with van der Waals surface area (Å²) in [7, 11) is 0. The monoisotopic (exact) mass is 473 g/mol. The number of hydrogen-bond acceptors (Lipinski definition) is 5. The van der Waals surface area contributed by atoms with Crippen molar-refractivity contribution < 1.29 is 19.1 Å². The number of benzene rings is 2. The second kappa shape index (κ2) is 9.49.